The molecule has 0 aliphatic carbocycles. The van der Waals surface area contributed by atoms with Gasteiger partial charge in [0.05, 0.1) is 8.07 Å². The Bertz CT molecular complexity index is 1360. The molecule has 6 aromatic carbocycles. The standard InChI is InChI=1S/C20H18Si.2C6H5FO.Zr/c1-21(2,19-11-15-7-3-4-8-16(15)12-19)20-13-17-9-5-6-10-18(17)14-20;2*7-5-1-3-6(8)4-2-5;/h3-14H,1-2H3;2*1-4,8H;/q-2;;;+2. The number of benzene rings is 4. The van der Waals surface area contributed by atoms with Crippen molar-refractivity contribution in [1.29, 1.82) is 0 Å². The summed E-state index contributed by atoms with van der Waals surface area (Å²) in [6.45, 7) is 4.91. The fraction of sp³-hybridized carbons (Fsp3) is 0.0625. The molecule has 38 heavy (non-hydrogen) atoms. The topological polar surface area (TPSA) is 40.5 Å². The van der Waals surface area contributed by atoms with Crippen LogP contribution in [0.1, 0.15) is 0 Å². The average molecular weight is 602 g/mol. The minimum atomic E-state index is -1.62. The normalized spacial score (nSPS) is 10.6. The maximum atomic E-state index is 12.0. The van der Waals surface area contributed by atoms with Gasteiger partial charge in [-0.3, -0.25) is 0 Å². The van der Waals surface area contributed by atoms with E-state index >= 15 is 0 Å². The van der Waals surface area contributed by atoms with E-state index in [2.05, 4.69) is 85.9 Å². The van der Waals surface area contributed by atoms with Crippen LogP contribution in [0.5, 0.6) is 11.5 Å². The zero-order valence-electron chi connectivity index (χ0n) is 21.2. The van der Waals surface area contributed by atoms with Crippen molar-refractivity contribution in [3.63, 3.8) is 0 Å². The molecule has 0 aliphatic heterocycles. The SMILES string of the molecule is C[Si](C)(c1cc2ccccc2[cH-]1)c1cc2ccccc2[cH-]1.Oc1ccc(F)cc1.Oc1ccc(F)cc1.[Zr+2]. The number of halogens is 2. The van der Waals surface area contributed by atoms with Crippen LogP contribution < -0.4 is 10.4 Å². The van der Waals surface area contributed by atoms with Crippen LogP contribution in [0.2, 0.25) is 13.1 Å². The van der Waals surface area contributed by atoms with Crippen molar-refractivity contribution in [2.45, 2.75) is 13.1 Å². The summed E-state index contributed by atoms with van der Waals surface area (Å²) < 4.78 is 24.0. The fourth-order valence-corrected chi connectivity index (χ4v) is 6.47. The molecule has 0 saturated heterocycles. The molecule has 0 bridgehead atoms. The van der Waals surface area contributed by atoms with Gasteiger partial charge >= 0.3 is 26.2 Å². The van der Waals surface area contributed by atoms with Gasteiger partial charge < -0.3 is 10.2 Å². The molecule has 6 rings (SSSR count). The molecule has 0 fully saturated rings. The van der Waals surface area contributed by atoms with Crippen LogP contribution in [-0.2, 0) is 26.2 Å². The van der Waals surface area contributed by atoms with Gasteiger partial charge in [0.1, 0.15) is 23.1 Å². The third-order valence-corrected chi connectivity index (χ3v) is 9.80. The maximum absolute atomic E-state index is 12.0. The van der Waals surface area contributed by atoms with E-state index in [-0.39, 0.29) is 49.3 Å². The van der Waals surface area contributed by atoms with Crippen LogP contribution >= 0.6 is 0 Å². The molecule has 0 atom stereocenters. The minimum absolute atomic E-state index is 0. The number of fused-ring (bicyclic) bond motifs is 2. The van der Waals surface area contributed by atoms with Gasteiger partial charge in [0.25, 0.3) is 0 Å². The molecule has 0 aromatic heterocycles. The van der Waals surface area contributed by atoms with Crippen molar-refractivity contribution in [2.24, 2.45) is 0 Å². The fourth-order valence-electron chi connectivity index (χ4n) is 4.07. The Balaban J connectivity index is 0.000000195. The summed E-state index contributed by atoms with van der Waals surface area (Å²) in [5.41, 5.74) is 0. The first-order chi connectivity index (χ1) is 17.7. The molecule has 0 saturated carbocycles. The first-order valence-electron chi connectivity index (χ1n) is 11.9. The first kappa shape index (κ1) is 29.2. The van der Waals surface area contributed by atoms with Gasteiger partial charge in [0.15, 0.2) is 0 Å². The zero-order valence-corrected chi connectivity index (χ0v) is 24.7. The summed E-state index contributed by atoms with van der Waals surface area (Å²) in [5.74, 6) is -0.483. The molecule has 2 N–H and O–H groups in total. The summed E-state index contributed by atoms with van der Waals surface area (Å²) in [7, 11) is -1.62. The molecule has 0 heterocycles. The Morgan fingerprint density at radius 1 is 0.553 bits per heavy atom. The van der Waals surface area contributed by atoms with E-state index in [4.69, 9.17) is 10.2 Å². The Morgan fingerprint density at radius 2 is 0.895 bits per heavy atom. The quantitative estimate of drug-likeness (QED) is 0.161. The number of hydrogen-bond acceptors (Lipinski definition) is 2. The van der Waals surface area contributed by atoms with Crippen LogP contribution in [0.25, 0.3) is 21.5 Å². The smallest absolute Gasteiger partial charge is 0.508 e. The summed E-state index contributed by atoms with van der Waals surface area (Å²) in [4.78, 5) is 0. The molecule has 6 heteroatoms. The number of phenols is 2. The van der Waals surface area contributed by atoms with E-state index in [9.17, 15) is 8.78 Å². The van der Waals surface area contributed by atoms with E-state index in [1.807, 2.05) is 0 Å². The summed E-state index contributed by atoms with van der Waals surface area (Å²) >= 11 is 0. The van der Waals surface area contributed by atoms with E-state index in [1.165, 1.54) is 80.4 Å². The number of phenolic OH excluding ortho intramolecular Hbond substituents is 2. The summed E-state index contributed by atoms with van der Waals surface area (Å²) in [6.07, 6.45) is 0. The van der Waals surface area contributed by atoms with Crippen LogP contribution in [-0.4, -0.2) is 18.3 Å². The van der Waals surface area contributed by atoms with E-state index < -0.39 is 8.07 Å². The van der Waals surface area contributed by atoms with Gasteiger partial charge in [-0.05, 0) is 48.5 Å². The molecular formula is C32H28F2O2SiZr. The molecule has 0 unspecified atom stereocenters. The largest absolute Gasteiger partial charge is 2.00 e. The second-order valence-electron chi connectivity index (χ2n) is 9.32. The molecule has 190 valence electrons. The van der Waals surface area contributed by atoms with Crippen molar-refractivity contribution in [3.8, 4) is 11.5 Å². The monoisotopic (exact) mass is 600 g/mol. The van der Waals surface area contributed by atoms with Crippen molar-refractivity contribution in [2.75, 3.05) is 0 Å². The van der Waals surface area contributed by atoms with Crippen molar-refractivity contribution in [1.82, 2.24) is 0 Å². The van der Waals surface area contributed by atoms with Gasteiger partial charge in [0.2, 0.25) is 0 Å². The molecular weight excluding hydrogens is 574 g/mol. The Morgan fingerprint density at radius 3 is 1.21 bits per heavy atom. The van der Waals surface area contributed by atoms with E-state index in [0.29, 0.717) is 0 Å². The second-order valence-corrected chi connectivity index (χ2v) is 13.7. The molecule has 0 aliphatic rings. The van der Waals surface area contributed by atoms with Crippen LogP contribution in [0.4, 0.5) is 8.78 Å². The van der Waals surface area contributed by atoms with Gasteiger partial charge in [-0.1, -0.05) is 25.2 Å². The van der Waals surface area contributed by atoms with E-state index in [0.717, 1.165) is 0 Å². The second kappa shape index (κ2) is 12.9. The molecule has 6 aromatic rings. The van der Waals surface area contributed by atoms with Crippen molar-refractivity contribution < 1.29 is 45.2 Å². The summed E-state index contributed by atoms with van der Waals surface area (Å²) in [6, 6.07) is 36.9. The number of aromatic hydroxyl groups is 2. The third-order valence-electron chi connectivity index (χ3n) is 6.33. The molecule has 2 nitrogen and oxygen atoms in total. The van der Waals surface area contributed by atoms with Gasteiger partial charge in [-0.25, -0.2) is 8.78 Å². The van der Waals surface area contributed by atoms with Crippen LogP contribution in [0, 0.1) is 11.6 Å². The number of hydrogen-bond donors (Lipinski definition) is 2. The number of rotatable bonds is 2. The van der Waals surface area contributed by atoms with Crippen LogP contribution in [0.3, 0.4) is 0 Å². The molecule has 0 amide bonds. The van der Waals surface area contributed by atoms with Gasteiger partial charge in [-0.2, -0.15) is 22.9 Å². The maximum Gasteiger partial charge on any atom is 2.00 e. The minimum Gasteiger partial charge on any atom is -0.508 e. The van der Waals surface area contributed by atoms with Crippen molar-refractivity contribution in [3.05, 3.63) is 133 Å². The Labute approximate surface area is 241 Å². The molecule has 0 spiro atoms. The van der Waals surface area contributed by atoms with Gasteiger partial charge in [0, 0.05) is 0 Å². The Kier molecular flexibility index (Phi) is 9.96. The third kappa shape index (κ3) is 7.37. The average Bonchev–Trinajstić information content (AvgIpc) is 3.54. The zero-order chi connectivity index (χ0) is 26.4. The van der Waals surface area contributed by atoms with Gasteiger partial charge in [-0.15, -0.1) is 69.7 Å². The van der Waals surface area contributed by atoms with E-state index in [1.54, 1.807) is 0 Å². The Hall–Kier alpha value is -3.34. The predicted octanol–water partition coefficient (Wildman–Crippen LogP) is 7.31. The first-order valence-corrected chi connectivity index (χ1v) is 14.9. The molecule has 0 radical (unpaired) electrons. The summed E-state index contributed by atoms with van der Waals surface area (Å²) in [5, 5.41) is 25.7. The van der Waals surface area contributed by atoms with Crippen molar-refractivity contribution >= 4 is 40.0 Å². The predicted molar refractivity (Wildman–Crippen MR) is 152 cm³/mol. The van der Waals surface area contributed by atoms with Crippen LogP contribution in [0.15, 0.2) is 121 Å².